The molecule has 0 aliphatic heterocycles. The molecular formula is C6H11N3O3. The molecule has 1 unspecified atom stereocenters. The van der Waals surface area contributed by atoms with E-state index >= 15 is 0 Å². The average Bonchev–Trinajstić information content (AvgIpc) is 2.52. The van der Waals surface area contributed by atoms with Crippen molar-refractivity contribution >= 4 is 0 Å². The molecule has 12 heavy (non-hydrogen) atoms. The fourth-order valence-electron chi connectivity index (χ4n) is 0.771. The number of aromatic nitrogens is 3. The van der Waals surface area contributed by atoms with E-state index in [1.54, 1.807) is 0 Å². The summed E-state index contributed by atoms with van der Waals surface area (Å²) in [5, 5.41) is 33.4. The van der Waals surface area contributed by atoms with Crippen molar-refractivity contribution in [3.8, 4) is 0 Å². The van der Waals surface area contributed by atoms with Gasteiger partial charge in [0.05, 0.1) is 26.0 Å². The highest BCUT2D eigenvalue weighted by Gasteiger charge is 2.09. The fourth-order valence-corrected chi connectivity index (χ4v) is 0.771. The Kier molecular flexibility index (Phi) is 3.15. The van der Waals surface area contributed by atoms with E-state index in [0.29, 0.717) is 12.2 Å². The molecule has 0 aliphatic carbocycles. The van der Waals surface area contributed by atoms with Gasteiger partial charge < -0.3 is 15.3 Å². The molecule has 0 saturated carbocycles. The molecule has 6 nitrogen and oxygen atoms in total. The smallest absolute Gasteiger partial charge is 0.122 e. The summed E-state index contributed by atoms with van der Waals surface area (Å²) < 4.78 is 1.40. The number of aliphatic hydroxyl groups excluding tert-OH is 3. The summed E-state index contributed by atoms with van der Waals surface area (Å²) >= 11 is 0. The van der Waals surface area contributed by atoms with Gasteiger partial charge in [-0.2, -0.15) is 0 Å². The molecule has 0 amide bonds. The third kappa shape index (κ3) is 2.00. The summed E-state index contributed by atoms with van der Waals surface area (Å²) in [5.74, 6) is 0. The van der Waals surface area contributed by atoms with Gasteiger partial charge in [0.15, 0.2) is 0 Å². The third-order valence-electron chi connectivity index (χ3n) is 1.40. The van der Waals surface area contributed by atoms with Crippen LogP contribution in [-0.2, 0) is 6.54 Å². The van der Waals surface area contributed by atoms with Gasteiger partial charge in [0.25, 0.3) is 0 Å². The number of nitrogens with zero attached hydrogens (tertiary/aromatic N) is 3. The van der Waals surface area contributed by atoms with E-state index in [4.69, 9.17) is 15.3 Å². The van der Waals surface area contributed by atoms with Gasteiger partial charge in [-0.05, 0) is 0 Å². The number of rotatable bonds is 4. The number of hydrogen-bond acceptors (Lipinski definition) is 5. The van der Waals surface area contributed by atoms with Crippen LogP contribution in [0.3, 0.4) is 0 Å². The topological polar surface area (TPSA) is 91.4 Å². The minimum atomic E-state index is -0.988. The van der Waals surface area contributed by atoms with Crippen molar-refractivity contribution < 1.29 is 15.3 Å². The number of hydrogen-bond donors (Lipinski definition) is 3. The zero-order valence-corrected chi connectivity index (χ0v) is 6.46. The van der Waals surface area contributed by atoms with Gasteiger partial charge in [-0.25, -0.2) is 4.68 Å². The second-order valence-electron chi connectivity index (χ2n) is 2.33. The van der Waals surface area contributed by atoms with Gasteiger partial charge in [0.2, 0.25) is 0 Å². The Hall–Kier alpha value is -0.980. The highest BCUT2D eigenvalue weighted by atomic mass is 16.3. The Labute approximate surface area is 69.1 Å². The third-order valence-corrected chi connectivity index (χ3v) is 1.40. The van der Waals surface area contributed by atoms with Gasteiger partial charge in [-0.15, -0.1) is 5.10 Å². The Bertz CT molecular complexity index is 238. The van der Waals surface area contributed by atoms with Crippen LogP contribution in [0.1, 0.15) is 11.8 Å². The quantitative estimate of drug-likeness (QED) is 0.504. The summed E-state index contributed by atoms with van der Waals surface area (Å²) in [4.78, 5) is 0. The zero-order chi connectivity index (χ0) is 8.97. The minimum Gasteiger partial charge on any atom is -0.394 e. The van der Waals surface area contributed by atoms with Crippen molar-refractivity contribution in [1.82, 2.24) is 15.0 Å². The molecule has 0 aliphatic rings. The maximum Gasteiger partial charge on any atom is 0.122 e. The lowest BCUT2D eigenvalue weighted by molar-refractivity contribution is 0.0921. The van der Waals surface area contributed by atoms with Gasteiger partial charge >= 0.3 is 0 Å². The fraction of sp³-hybridized carbons (Fsp3) is 0.667. The summed E-state index contributed by atoms with van der Waals surface area (Å²) in [6.07, 6.45) is 0.495. The highest BCUT2D eigenvalue weighted by molar-refractivity contribution is 4.96. The zero-order valence-electron chi connectivity index (χ0n) is 6.46. The first-order chi connectivity index (χ1) is 5.77. The second-order valence-corrected chi connectivity index (χ2v) is 2.33. The van der Waals surface area contributed by atoms with Crippen LogP contribution in [0.4, 0.5) is 0 Å². The molecule has 0 bridgehead atoms. The Morgan fingerprint density at radius 2 is 2.25 bits per heavy atom. The van der Waals surface area contributed by atoms with E-state index in [1.165, 1.54) is 10.9 Å². The van der Waals surface area contributed by atoms with Crippen molar-refractivity contribution in [3.05, 3.63) is 11.9 Å². The molecule has 6 heteroatoms. The summed E-state index contributed by atoms with van der Waals surface area (Å²) in [5.41, 5.74) is 0.311. The monoisotopic (exact) mass is 173 g/mol. The Balaban J connectivity index is 2.63. The molecular weight excluding hydrogens is 162 g/mol. The normalized spacial score (nSPS) is 13.2. The molecule has 0 spiro atoms. The number of aliphatic hydroxyl groups is 3. The standard InChI is InChI=1S/C6H11N3O3/c10-2-1-9-3-5(7-8-9)6(12)4-11/h3,6,10-12H,1-2,4H2. The second kappa shape index (κ2) is 4.15. The average molecular weight is 173 g/mol. The van der Waals surface area contributed by atoms with Crippen LogP contribution in [0.25, 0.3) is 0 Å². The van der Waals surface area contributed by atoms with Crippen molar-refractivity contribution in [2.45, 2.75) is 12.6 Å². The maximum absolute atomic E-state index is 9.08. The van der Waals surface area contributed by atoms with Crippen LogP contribution in [-0.4, -0.2) is 43.5 Å². The maximum atomic E-state index is 9.08. The lowest BCUT2D eigenvalue weighted by atomic mass is 10.3. The van der Waals surface area contributed by atoms with Crippen molar-refractivity contribution in [2.24, 2.45) is 0 Å². The molecule has 0 fully saturated rings. The van der Waals surface area contributed by atoms with Crippen molar-refractivity contribution in [2.75, 3.05) is 13.2 Å². The van der Waals surface area contributed by atoms with Crippen molar-refractivity contribution in [1.29, 1.82) is 0 Å². The van der Waals surface area contributed by atoms with E-state index in [2.05, 4.69) is 10.3 Å². The minimum absolute atomic E-state index is 0.0297. The van der Waals surface area contributed by atoms with Crippen LogP contribution in [0.15, 0.2) is 6.20 Å². The predicted molar refractivity (Wildman–Crippen MR) is 39.2 cm³/mol. The van der Waals surface area contributed by atoms with E-state index in [-0.39, 0.29) is 13.2 Å². The van der Waals surface area contributed by atoms with Gasteiger partial charge in [0.1, 0.15) is 11.8 Å². The molecule has 68 valence electrons. The van der Waals surface area contributed by atoms with Gasteiger partial charge in [0, 0.05) is 0 Å². The Morgan fingerprint density at radius 1 is 1.50 bits per heavy atom. The van der Waals surface area contributed by atoms with E-state index in [0.717, 1.165) is 0 Å². The molecule has 1 heterocycles. The van der Waals surface area contributed by atoms with E-state index < -0.39 is 6.10 Å². The van der Waals surface area contributed by atoms with E-state index in [9.17, 15) is 0 Å². The highest BCUT2D eigenvalue weighted by Crippen LogP contribution is 2.06. The molecule has 1 aromatic heterocycles. The summed E-state index contributed by atoms with van der Waals surface area (Å²) in [6, 6.07) is 0. The lowest BCUT2D eigenvalue weighted by Crippen LogP contribution is -2.03. The SMILES string of the molecule is OCCn1cc(C(O)CO)nn1. The molecule has 3 N–H and O–H groups in total. The van der Waals surface area contributed by atoms with E-state index in [1.807, 2.05) is 0 Å². The van der Waals surface area contributed by atoms with Crippen LogP contribution < -0.4 is 0 Å². The largest absolute Gasteiger partial charge is 0.394 e. The van der Waals surface area contributed by atoms with Crippen LogP contribution in [0, 0.1) is 0 Å². The first kappa shape index (κ1) is 9.11. The van der Waals surface area contributed by atoms with Crippen LogP contribution >= 0.6 is 0 Å². The molecule has 1 atom stereocenters. The first-order valence-electron chi connectivity index (χ1n) is 3.57. The summed E-state index contributed by atoms with van der Waals surface area (Å²) in [7, 11) is 0. The molecule has 1 aromatic rings. The first-order valence-corrected chi connectivity index (χ1v) is 3.57. The van der Waals surface area contributed by atoms with Gasteiger partial charge in [-0.3, -0.25) is 0 Å². The van der Waals surface area contributed by atoms with Crippen LogP contribution in [0.5, 0.6) is 0 Å². The summed E-state index contributed by atoms with van der Waals surface area (Å²) in [6.45, 7) is -0.0685. The molecule has 0 radical (unpaired) electrons. The molecule has 0 aromatic carbocycles. The predicted octanol–water partition coefficient (Wildman–Crippen LogP) is -1.70. The lowest BCUT2D eigenvalue weighted by Gasteiger charge is -1.99. The Morgan fingerprint density at radius 3 is 2.83 bits per heavy atom. The van der Waals surface area contributed by atoms with Crippen LogP contribution in [0.2, 0.25) is 0 Å². The van der Waals surface area contributed by atoms with Gasteiger partial charge in [-0.1, -0.05) is 5.21 Å². The van der Waals surface area contributed by atoms with Crippen molar-refractivity contribution in [3.63, 3.8) is 0 Å². The molecule has 1 rings (SSSR count). The molecule has 0 saturated heterocycles.